The van der Waals surface area contributed by atoms with E-state index in [1.165, 1.54) is 0 Å². The molecule has 4 heteroatoms. The van der Waals surface area contributed by atoms with Crippen LogP contribution in [0.1, 0.15) is 19.8 Å². The molecule has 0 aliphatic heterocycles. The number of rotatable bonds is 3. The molecule has 1 rings (SSSR count). The Hall–Kier alpha value is -1.32. The van der Waals surface area contributed by atoms with Gasteiger partial charge in [-0.3, -0.25) is 4.68 Å². The molecule has 0 amide bonds. The molecule has 0 aliphatic rings. The van der Waals surface area contributed by atoms with Gasteiger partial charge in [0.1, 0.15) is 5.84 Å². The summed E-state index contributed by atoms with van der Waals surface area (Å²) in [5.41, 5.74) is 5.63. The largest absolute Gasteiger partial charge is 0.387 e. The number of nitrogens with two attached hydrogens (primary N) is 1. The summed E-state index contributed by atoms with van der Waals surface area (Å²) in [5, 5.41) is 4.08. The zero-order valence-electron chi connectivity index (χ0n) is 7.49. The van der Waals surface area contributed by atoms with Crippen molar-refractivity contribution in [1.29, 1.82) is 0 Å². The van der Waals surface area contributed by atoms with E-state index >= 15 is 0 Å². The lowest BCUT2D eigenvalue weighted by Crippen LogP contribution is -2.09. The molecule has 0 unspecified atom stereocenters. The molecule has 0 saturated heterocycles. The van der Waals surface area contributed by atoms with Crippen molar-refractivity contribution in [3.8, 4) is 0 Å². The molecular weight excluding hydrogens is 152 g/mol. The first-order valence-electron chi connectivity index (χ1n) is 4.05. The van der Waals surface area contributed by atoms with Crippen LogP contribution < -0.4 is 5.73 Å². The molecule has 12 heavy (non-hydrogen) atoms. The standard InChI is InChI=1S/C8H14N4/c1-3-4-7(9)10-8-5-6-12(2)11-8/h5-6H,3-4H2,1-2H3,(H2,9,10,11). The van der Waals surface area contributed by atoms with Gasteiger partial charge >= 0.3 is 0 Å². The fourth-order valence-corrected chi connectivity index (χ4v) is 0.922. The van der Waals surface area contributed by atoms with Gasteiger partial charge in [-0.1, -0.05) is 6.92 Å². The molecule has 0 aliphatic carbocycles. The zero-order valence-corrected chi connectivity index (χ0v) is 7.49. The third kappa shape index (κ3) is 2.38. The molecular formula is C8H14N4. The van der Waals surface area contributed by atoms with Crippen molar-refractivity contribution in [1.82, 2.24) is 9.78 Å². The second-order valence-corrected chi connectivity index (χ2v) is 2.70. The van der Waals surface area contributed by atoms with E-state index in [4.69, 9.17) is 5.73 Å². The molecule has 0 fully saturated rings. The quantitative estimate of drug-likeness (QED) is 0.542. The zero-order chi connectivity index (χ0) is 8.97. The summed E-state index contributed by atoms with van der Waals surface area (Å²) < 4.78 is 1.71. The van der Waals surface area contributed by atoms with Crippen LogP contribution in [0.2, 0.25) is 0 Å². The van der Waals surface area contributed by atoms with E-state index < -0.39 is 0 Å². The van der Waals surface area contributed by atoms with Crippen molar-refractivity contribution in [2.24, 2.45) is 17.8 Å². The van der Waals surface area contributed by atoms with Crippen LogP contribution in [0, 0.1) is 0 Å². The first-order valence-corrected chi connectivity index (χ1v) is 4.05. The summed E-state index contributed by atoms with van der Waals surface area (Å²) in [6.45, 7) is 2.07. The van der Waals surface area contributed by atoms with Gasteiger partial charge in [0.15, 0.2) is 5.82 Å². The van der Waals surface area contributed by atoms with Crippen LogP contribution in [0.3, 0.4) is 0 Å². The predicted molar refractivity (Wildman–Crippen MR) is 49.4 cm³/mol. The van der Waals surface area contributed by atoms with Crippen LogP contribution in [-0.2, 0) is 7.05 Å². The number of nitrogens with zero attached hydrogens (tertiary/aromatic N) is 3. The average molecular weight is 166 g/mol. The van der Waals surface area contributed by atoms with Gasteiger partial charge in [-0.15, -0.1) is 0 Å². The highest BCUT2D eigenvalue weighted by Gasteiger charge is 1.94. The van der Waals surface area contributed by atoms with Gasteiger partial charge in [0.25, 0.3) is 0 Å². The van der Waals surface area contributed by atoms with E-state index in [2.05, 4.69) is 17.0 Å². The van der Waals surface area contributed by atoms with Gasteiger partial charge in [0.2, 0.25) is 0 Å². The summed E-state index contributed by atoms with van der Waals surface area (Å²) in [6, 6.07) is 1.84. The minimum Gasteiger partial charge on any atom is -0.387 e. The van der Waals surface area contributed by atoms with E-state index in [1.807, 2.05) is 19.3 Å². The van der Waals surface area contributed by atoms with Gasteiger partial charge in [0, 0.05) is 25.7 Å². The Balaban J connectivity index is 2.67. The normalized spacial score (nSPS) is 12.0. The van der Waals surface area contributed by atoms with Crippen molar-refractivity contribution in [2.75, 3.05) is 0 Å². The minimum atomic E-state index is 0.649. The second-order valence-electron chi connectivity index (χ2n) is 2.70. The fourth-order valence-electron chi connectivity index (χ4n) is 0.922. The highest BCUT2D eigenvalue weighted by atomic mass is 15.3. The first kappa shape index (κ1) is 8.77. The Morgan fingerprint density at radius 1 is 1.75 bits per heavy atom. The van der Waals surface area contributed by atoms with Crippen molar-refractivity contribution in [2.45, 2.75) is 19.8 Å². The van der Waals surface area contributed by atoms with Crippen LogP contribution in [-0.4, -0.2) is 15.6 Å². The molecule has 4 nitrogen and oxygen atoms in total. The number of aromatic nitrogens is 2. The fraction of sp³-hybridized carbons (Fsp3) is 0.500. The molecule has 0 spiro atoms. The van der Waals surface area contributed by atoms with Crippen molar-refractivity contribution >= 4 is 11.7 Å². The summed E-state index contributed by atoms with van der Waals surface area (Å²) in [7, 11) is 1.86. The number of hydrogen-bond acceptors (Lipinski definition) is 2. The molecule has 1 aromatic heterocycles. The van der Waals surface area contributed by atoms with Gasteiger partial charge < -0.3 is 5.73 Å². The van der Waals surface area contributed by atoms with Gasteiger partial charge in [-0.05, 0) is 6.42 Å². The van der Waals surface area contributed by atoms with Crippen molar-refractivity contribution < 1.29 is 0 Å². The number of aliphatic imine (C=N–C) groups is 1. The molecule has 1 heterocycles. The van der Waals surface area contributed by atoms with Crippen LogP contribution in [0.25, 0.3) is 0 Å². The van der Waals surface area contributed by atoms with Crippen molar-refractivity contribution in [3.05, 3.63) is 12.3 Å². The Morgan fingerprint density at radius 3 is 3.00 bits per heavy atom. The smallest absolute Gasteiger partial charge is 0.175 e. The molecule has 0 aromatic carbocycles. The first-order chi connectivity index (χ1) is 5.72. The Labute approximate surface area is 72.1 Å². The molecule has 0 radical (unpaired) electrons. The summed E-state index contributed by atoms with van der Waals surface area (Å²) >= 11 is 0. The number of aryl methyl sites for hydroxylation is 1. The van der Waals surface area contributed by atoms with Crippen LogP contribution in [0.4, 0.5) is 5.82 Å². The Kier molecular flexibility index (Phi) is 2.85. The highest BCUT2D eigenvalue weighted by molar-refractivity contribution is 5.82. The maximum atomic E-state index is 5.63. The average Bonchev–Trinajstić information content (AvgIpc) is 2.36. The highest BCUT2D eigenvalue weighted by Crippen LogP contribution is 2.06. The van der Waals surface area contributed by atoms with Gasteiger partial charge in [-0.25, -0.2) is 4.99 Å². The lowest BCUT2D eigenvalue weighted by atomic mass is 10.3. The van der Waals surface area contributed by atoms with Gasteiger partial charge in [-0.2, -0.15) is 5.10 Å². The minimum absolute atomic E-state index is 0.649. The molecule has 0 bridgehead atoms. The van der Waals surface area contributed by atoms with E-state index in [-0.39, 0.29) is 0 Å². The van der Waals surface area contributed by atoms with Gasteiger partial charge in [0.05, 0.1) is 0 Å². The monoisotopic (exact) mass is 166 g/mol. The molecule has 66 valence electrons. The van der Waals surface area contributed by atoms with E-state index in [9.17, 15) is 0 Å². The topological polar surface area (TPSA) is 56.2 Å². The SMILES string of the molecule is CCCC(N)=Nc1ccn(C)n1. The molecule has 0 saturated carbocycles. The Morgan fingerprint density at radius 2 is 2.50 bits per heavy atom. The maximum absolute atomic E-state index is 5.63. The molecule has 1 aromatic rings. The lowest BCUT2D eigenvalue weighted by Gasteiger charge is -1.93. The summed E-state index contributed by atoms with van der Waals surface area (Å²) in [4.78, 5) is 4.13. The lowest BCUT2D eigenvalue weighted by molar-refractivity contribution is 0.768. The third-order valence-electron chi connectivity index (χ3n) is 1.46. The summed E-state index contributed by atoms with van der Waals surface area (Å²) in [5.74, 6) is 1.33. The maximum Gasteiger partial charge on any atom is 0.175 e. The van der Waals surface area contributed by atoms with E-state index in [0.717, 1.165) is 12.8 Å². The van der Waals surface area contributed by atoms with Crippen LogP contribution in [0.5, 0.6) is 0 Å². The van der Waals surface area contributed by atoms with E-state index in [1.54, 1.807) is 4.68 Å². The third-order valence-corrected chi connectivity index (χ3v) is 1.46. The second kappa shape index (κ2) is 3.90. The summed E-state index contributed by atoms with van der Waals surface area (Å²) in [6.07, 6.45) is 3.69. The Bertz CT molecular complexity index is 274. The number of hydrogen-bond donors (Lipinski definition) is 1. The predicted octanol–water partition coefficient (Wildman–Crippen LogP) is 1.21. The number of amidine groups is 1. The molecule has 0 atom stereocenters. The van der Waals surface area contributed by atoms with E-state index in [0.29, 0.717) is 11.7 Å². The van der Waals surface area contributed by atoms with Crippen molar-refractivity contribution in [3.63, 3.8) is 0 Å². The van der Waals surface area contributed by atoms with Crippen LogP contribution in [0.15, 0.2) is 17.3 Å². The molecule has 2 N–H and O–H groups in total. The van der Waals surface area contributed by atoms with Crippen LogP contribution >= 0.6 is 0 Å².